The summed E-state index contributed by atoms with van der Waals surface area (Å²) in [5.41, 5.74) is 0.503. The Kier molecular flexibility index (Phi) is 6.50. The van der Waals surface area contributed by atoms with Crippen molar-refractivity contribution in [3.05, 3.63) is 59.1 Å². The molecule has 0 saturated heterocycles. The molecule has 0 bridgehead atoms. The molecule has 0 aliphatic heterocycles. The third kappa shape index (κ3) is 5.30. The van der Waals surface area contributed by atoms with E-state index in [1.807, 2.05) is 36.4 Å². The minimum atomic E-state index is -0.241. The van der Waals surface area contributed by atoms with Crippen LogP contribution in [-0.4, -0.2) is 25.4 Å². The molecule has 0 saturated carbocycles. The van der Waals surface area contributed by atoms with Crippen LogP contribution in [0.4, 0.5) is 0 Å². The van der Waals surface area contributed by atoms with Gasteiger partial charge in [-0.1, -0.05) is 41.6 Å². The first kappa shape index (κ1) is 17.4. The second kappa shape index (κ2) is 8.60. The summed E-state index contributed by atoms with van der Waals surface area (Å²) in [5, 5.41) is 5.76. The van der Waals surface area contributed by atoms with Crippen LogP contribution in [0.15, 0.2) is 58.3 Å². The fraction of sp³-hybridized carbons (Fsp3) is 0.176. The highest BCUT2D eigenvalue weighted by Crippen LogP contribution is 2.31. The molecule has 2 N–H and O–H groups in total. The molecule has 0 radical (unpaired) electrons. The van der Waals surface area contributed by atoms with E-state index in [1.165, 1.54) is 11.8 Å². The van der Waals surface area contributed by atoms with Crippen molar-refractivity contribution in [2.75, 3.05) is 13.6 Å². The Labute approximate surface area is 144 Å². The summed E-state index contributed by atoms with van der Waals surface area (Å²) >= 11 is 7.51. The van der Waals surface area contributed by atoms with Crippen LogP contribution in [0.1, 0.15) is 16.8 Å². The third-order valence-corrected chi connectivity index (χ3v) is 4.39. The first-order valence-corrected chi connectivity index (χ1v) is 8.31. The number of carbonyl (C=O) groups excluding carboxylic acids is 2. The molecule has 2 amide bonds. The number of amides is 2. The van der Waals surface area contributed by atoms with Gasteiger partial charge < -0.3 is 10.6 Å². The Morgan fingerprint density at radius 3 is 2.57 bits per heavy atom. The lowest BCUT2D eigenvalue weighted by molar-refractivity contribution is -0.120. The van der Waals surface area contributed by atoms with Crippen LogP contribution in [0.3, 0.4) is 0 Å². The van der Waals surface area contributed by atoms with Crippen molar-refractivity contribution in [1.29, 1.82) is 0 Å². The maximum Gasteiger partial charge on any atom is 0.252 e. The standard InChI is InChI=1S/C17H17ClN2O2S/c1-19-16(21)9-10-20-17(22)14-11-12(18)7-8-15(14)23-13-5-3-2-4-6-13/h2-8,11H,9-10H2,1H3,(H,19,21)(H,20,22). The molecular formula is C17H17ClN2O2S. The predicted molar refractivity (Wildman–Crippen MR) is 93.0 cm³/mol. The molecule has 0 aliphatic carbocycles. The van der Waals surface area contributed by atoms with Gasteiger partial charge in [0.25, 0.3) is 5.91 Å². The zero-order chi connectivity index (χ0) is 16.7. The normalized spacial score (nSPS) is 10.2. The van der Waals surface area contributed by atoms with Gasteiger partial charge in [-0.2, -0.15) is 0 Å². The van der Waals surface area contributed by atoms with Crippen molar-refractivity contribution in [3.8, 4) is 0 Å². The highest BCUT2D eigenvalue weighted by Gasteiger charge is 2.13. The smallest absolute Gasteiger partial charge is 0.252 e. The lowest BCUT2D eigenvalue weighted by Crippen LogP contribution is -2.29. The van der Waals surface area contributed by atoms with Crippen molar-refractivity contribution < 1.29 is 9.59 Å². The lowest BCUT2D eigenvalue weighted by atomic mass is 10.2. The second-order valence-electron chi connectivity index (χ2n) is 4.73. The summed E-state index contributed by atoms with van der Waals surface area (Å²) < 4.78 is 0. The predicted octanol–water partition coefficient (Wildman–Crippen LogP) is 3.36. The molecule has 0 spiro atoms. The van der Waals surface area contributed by atoms with Crippen LogP contribution < -0.4 is 10.6 Å². The molecular weight excluding hydrogens is 332 g/mol. The van der Waals surface area contributed by atoms with E-state index in [2.05, 4.69) is 10.6 Å². The van der Waals surface area contributed by atoms with Gasteiger partial charge in [0.2, 0.25) is 5.91 Å². The summed E-state index contributed by atoms with van der Waals surface area (Å²) in [6.45, 7) is 0.278. The molecule has 0 unspecified atom stereocenters. The van der Waals surface area contributed by atoms with Gasteiger partial charge in [0.15, 0.2) is 0 Å². The summed E-state index contributed by atoms with van der Waals surface area (Å²) in [6.07, 6.45) is 0.240. The Morgan fingerprint density at radius 2 is 1.87 bits per heavy atom. The SMILES string of the molecule is CNC(=O)CCNC(=O)c1cc(Cl)ccc1Sc1ccccc1. The largest absolute Gasteiger partial charge is 0.359 e. The van der Waals surface area contributed by atoms with Crippen molar-refractivity contribution in [3.63, 3.8) is 0 Å². The molecule has 0 atom stereocenters. The van der Waals surface area contributed by atoms with E-state index < -0.39 is 0 Å². The van der Waals surface area contributed by atoms with Gasteiger partial charge in [-0.25, -0.2) is 0 Å². The van der Waals surface area contributed by atoms with Crippen LogP contribution >= 0.6 is 23.4 Å². The average molecular weight is 349 g/mol. The van der Waals surface area contributed by atoms with E-state index in [-0.39, 0.29) is 24.8 Å². The van der Waals surface area contributed by atoms with Gasteiger partial charge in [-0.15, -0.1) is 0 Å². The average Bonchev–Trinajstić information content (AvgIpc) is 2.57. The van der Waals surface area contributed by atoms with Gasteiger partial charge >= 0.3 is 0 Å². The molecule has 4 nitrogen and oxygen atoms in total. The highest BCUT2D eigenvalue weighted by molar-refractivity contribution is 7.99. The molecule has 0 aliphatic rings. The summed E-state index contributed by atoms with van der Waals surface area (Å²) in [6, 6.07) is 15.0. The first-order chi connectivity index (χ1) is 11.1. The van der Waals surface area contributed by atoms with E-state index in [4.69, 9.17) is 11.6 Å². The number of halogens is 1. The quantitative estimate of drug-likeness (QED) is 0.841. The maximum absolute atomic E-state index is 12.4. The fourth-order valence-corrected chi connectivity index (χ4v) is 3.01. The Balaban J connectivity index is 2.11. The van der Waals surface area contributed by atoms with Crippen LogP contribution in [0, 0.1) is 0 Å². The maximum atomic E-state index is 12.4. The Bertz CT molecular complexity index is 692. The topological polar surface area (TPSA) is 58.2 Å². The summed E-state index contributed by atoms with van der Waals surface area (Å²) in [5.74, 6) is -0.356. The monoisotopic (exact) mass is 348 g/mol. The third-order valence-electron chi connectivity index (χ3n) is 3.07. The van der Waals surface area contributed by atoms with E-state index in [9.17, 15) is 9.59 Å². The number of hydrogen-bond acceptors (Lipinski definition) is 3. The Morgan fingerprint density at radius 1 is 1.13 bits per heavy atom. The number of benzene rings is 2. The number of rotatable bonds is 6. The lowest BCUT2D eigenvalue weighted by Gasteiger charge is -2.10. The van der Waals surface area contributed by atoms with Crippen molar-refractivity contribution in [1.82, 2.24) is 10.6 Å². The molecule has 0 aromatic heterocycles. The van der Waals surface area contributed by atoms with E-state index >= 15 is 0 Å². The van der Waals surface area contributed by atoms with Crippen molar-refractivity contribution in [2.45, 2.75) is 16.2 Å². The number of nitrogens with one attached hydrogen (secondary N) is 2. The molecule has 2 rings (SSSR count). The van der Waals surface area contributed by atoms with Crippen LogP contribution in [0.5, 0.6) is 0 Å². The fourth-order valence-electron chi connectivity index (χ4n) is 1.89. The minimum absolute atomic E-state index is 0.115. The zero-order valence-corrected chi connectivity index (χ0v) is 14.2. The summed E-state index contributed by atoms with van der Waals surface area (Å²) in [4.78, 5) is 25.4. The van der Waals surface area contributed by atoms with Gasteiger partial charge in [0.05, 0.1) is 5.56 Å². The number of carbonyl (C=O) groups is 2. The molecule has 6 heteroatoms. The van der Waals surface area contributed by atoms with Crippen molar-refractivity contribution in [2.24, 2.45) is 0 Å². The number of hydrogen-bond donors (Lipinski definition) is 2. The minimum Gasteiger partial charge on any atom is -0.359 e. The van der Waals surface area contributed by atoms with Gasteiger partial charge in [0.1, 0.15) is 0 Å². The van der Waals surface area contributed by atoms with Gasteiger partial charge in [-0.3, -0.25) is 9.59 Å². The van der Waals surface area contributed by atoms with Crippen LogP contribution in [0.2, 0.25) is 5.02 Å². The molecule has 0 fully saturated rings. The Hall–Kier alpha value is -1.98. The second-order valence-corrected chi connectivity index (χ2v) is 6.29. The summed E-state index contributed by atoms with van der Waals surface area (Å²) in [7, 11) is 1.57. The van der Waals surface area contributed by atoms with Crippen molar-refractivity contribution >= 4 is 35.2 Å². The zero-order valence-electron chi connectivity index (χ0n) is 12.6. The van der Waals surface area contributed by atoms with E-state index in [0.717, 1.165) is 9.79 Å². The first-order valence-electron chi connectivity index (χ1n) is 7.11. The molecule has 0 heterocycles. The molecule has 120 valence electrons. The molecule has 2 aromatic carbocycles. The molecule has 2 aromatic rings. The molecule has 23 heavy (non-hydrogen) atoms. The highest BCUT2D eigenvalue weighted by atomic mass is 35.5. The van der Waals surface area contributed by atoms with E-state index in [0.29, 0.717) is 10.6 Å². The van der Waals surface area contributed by atoms with Crippen LogP contribution in [-0.2, 0) is 4.79 Å². The van der Waals surface area contributed by atoms with E-state index in [1.54, 1.807) is 19.2 Å². The van der Waals surface area contributed by atoms with Gasteiger partial charge in [-0.05, 0) is 30.3 Å². The van der Waals surface area contributed by atoms with Crippen LogP contribution in [0.25, 0.3) is 0 Å². The van der Waals surface area contributed by atoms with Gasteiger partial charge in [0, 0.05) is 34.8 Å².